The summed E-state index contributed by atoms with van der Waals surface area (Å²) >= 11 is 0. The van der Waals surface area contributed by atoms with Crippen molar-refractivity contribution < 1.29 is 14.3 Å². The van der Waals surface area contributed by atoms with Gasteiger partial charge in [0.2, 0.25) is 5.91 Å². The molecule has 2 aromatic heterocycles. The van der Waals surface area contributed by atoms with Crippen LogP contribution in [-0.4, -0.2) is 31.2 Å². The highest BCUT2D eigenvalue weighted by Crippen LogP contribution is 2.33. The largest absolute Gasteiger partial charge is 0.505 e. The number of hydrogen-bond acceptors (Lipinski definition) is 4. The van der Waals surface area contributed by atoms with Crippen LogP contribution in [0.25, 0.3) is 33.5 Å². The second-order valence-corrected chi connectivity index (χ2v) is 7.76. The Bertz CT molecular complexity index is 1260. The van der Waals surface area contributed by atoms with Crippen LogP contribution < -0.4 is 5.32 Å². The summed E-state index contributed by atoms with van der Waals surface area (Å²) in [6.07, 6.45) is 2.41. The molecule has 0 saturated carbocycles. The number of phenols is 1. The van der Waals surface area contributed by atoms with Crippen molar-refractivity contribution >= 4 is 16.8 Å². The van der Waals surface area contributed by atoms with Gasteiger partial charge in [-0.2, -0.15) is 5.10 Å². The summed E-state index contributed by atoms with van der Waals surface area (Å²) in [5.74, 6) is -0.510. The minimum absolute atomic E-state index is 0.0283. The molecule has 4 aromatic rings. The summed E-state index contributed by atoms with van der Waals surface area (Å²) < 4.78 is 14.0. The van der Waals surface area contributed by atoms with E-state index in [0.717, 1.165) is 27.6 Å². The zero-order chi connectivity index (χ0) is 22.1. The lowest BCUT2D eigenvalue weighted by Gasteiger charge is -2.10. The first-order valence-electron chi connectivity index (χ1n) is 10.2. The number of carbonyl (C=O) groups excluding carboxylic acids is 1. The second kappa shape index (κ2) is 8.22. The molecule has 0 spiro atoms. The number of aromatic nitrogens is 4. The number of aromatic hydroxyl groups is 1. The molecule has 0 saturated heterocycles. The molecule has 0 atom stereocenters. The maximum atomic E-state index is 14.0. The summed E-state index contributed by atoms with van der Waals surface area (Å²) in [5, 5.41) is 20.8. The fourth-order valence-corrected chi connectivity index (χ4v) is 3.49. The van der Waals surface area contributed by atoms with Gasteiger partial charge in [-0.1, -0.05) is 26.8 Å². The number of nitrogens with zero attached hydrogens (tertiary/aromatic N) is 2. The van der Waals surface area contributed by atoms with Crippen LogP contribution in [0.5, 0.6) is 5.75 Å². The van der Waals surface area contributed by atoms with E-state index in [-0.39, 0.29) is 17.6 Å². The fraction of sp³-hybridized carbons (Fsp3) is 0.261. The van der Waals surface area contributed by atoms with Crippen LogP contribution in [0.1, 0.15) is 32.0 Å². The van der Waals surface area contributed by atoms with Gasteiger partial charge in [-0.25, -0.2) is 9.37 Å². The molecule has 0 aliphatic rings. The number of aromatic amines is 2. The van der Waals surface area contributed by atoms with E-state index >= 15 is 0 Å². The van der Waals surface area contributed by atoms with Crippen molar-refractivity contribution in [1.29, 1.82) is 0 Å². The molecule has 1 amide bonds. The fourth-order valence-electron chi connectivity index (χ4n) is 3.49. The highest BCUT2D eigenvalue weighted by molar-refractivity contribution is 5.94. The standard InChI is InChI=1S/C23H24FN5O2/c1-4-13-8-20(30)18(24)9-17(13)14-5-6-16-19(7-14)28-29-21(16)22-25-10-15(27-22)11-26-23(31)12(2)3/h5-10,12,30H,4,11H2,1-3H3,(H,25,27)(H,26,31)(H,28,29). The van der Waals surface area contributed by atoms with Crippen molar-refractivity contribution in [2.45, 2.75) is 33.7 Å². The highest BCUT2D eigenvalue weighted by atomic mass is 19.1. The topological polar surface area (TPSA) is 107 Å². The molecule has 4 N–H and O–H groups in total. The third-order valence-electron chi connectivity index (χ3n) is 5.25. The number of rotatable bonds is 6. The molecule has 0 aliphatic carbocycles. The van der Waals surface area contributed by atoms with E-state index in [0.29, 0.717) is 30.2 Å². The number of halogens is 1. The van der Waals surface area contributed by atoms with Gasteiger partial charge in [0, 0.05) is 17.5 Å². The molecule has 0 radical (unpaired) electrons. The van der Waals surface area contributed by atoms with E-state index in [1.165, 1.54) is 12.1 Å². The molecule has 0 bridgehead atoms. The van der Waals surface area contributed by atoms with Crippen LogP contribution in [0.15, 0.2) is 36.5 Å². The van der Waals surface area contributed by atoms with E-state index in [1.54, 1.807) is 6.20 Å². The van der Waals surface area contributed by atoms with Crippen LogP contribution in [0.3, 0.4) is 0 Å². The highest BCUT2D eigenvalue weighted by Gasteiger charge is 2.15. The first-order chi connectivity index (χ1) is 14.9. The smallest absolute Gasteiger partial charge is 0.222 e. The zero-order valence-corrected chi connectivity index (χ0v) is 17.6. The second-order valence-electron chi connectivity index (χ2n) is 7.76. The van der Waals surface area contributed by atoms with Crippen LogP contribution in [0.2, 0.25) is 0 Å². The van der Waals surface area contributed by atoms with Gasteiger partial charge >= 0.3 is 0 Å². The molecular weight excluding hydrogens is 397 g/mol. The van der Waals surface area contributed by atoms with Gasteiger partial charge in [0.1, 0.15) is 5.69 Å². The Balaban J connectivity index is 1.64. The average molecular weight is 421 g/mol. The van der Waals surface area contributed by atoms with Gasteiger partial charge in [0.15, 0.2) is 17.4 Å². The number of fused-ring (bicyclic) bond motifs is 1. The van der Waals surface area contributed by atoms with E-state index in [1.807, 2.05) is 39.0 Å². The van der Waals surface area contributed by atoms with E-state index in [4.69, 9.17) is 0 Å². The predicted molar refractivity (Wildman–Crippen MR) is 117 cm³/mol. The van der Waals surface area contributed by atoms with Crippen LogP contribution in [-0.2, 0) is 17.8 Å². The molecule has 8 heteroatoms. The molecule has 2 aromatic carbocycles. The molecular formula is C23H24FN5O2. The lowest BCUT2D eigenvalue weighted by Crippen LogP contribution is -2.27. The first-order valence-corrected chi connectivity index (χ1v) is 10.2. The Kier molecular flexibility index (Phi) is 5.46. The lowest BCUT2D eigenvalue weighted by atomic mass is 9.96. The minimum Gasteiger partial charge on any atom is -0.505 e. The predicted octanol–water partition coefficient (Wildman–Crippen LogP) is 4.30. The van der Waals surface area contributed by atoms with Crippen molar-refractivity contribution in [3.8, 4) is 28.4 Å². The molecule has 4 rings (SSSR count). The van der Waals surface area contributed by atoms with Gasteiger partial charge in [0.05, 0.1) is 17.8 Å². The molecule has 0 aliphatic heterocycles. The number of nitrogens with one attached hydrogen (secondary N) is 3. The molecule has 0 fully saturated rings. The Labute approximate surface area is 178 Å². The number of benzene rings is 2. The van der Waals surface area contributed by atoms with Gasteiger partial charge in [-0.3, -0.25) is 9.89 Å². The molecule has 160 valence electrons. The van der Waals surface area contributed by atoms with Crippen molar-refractivity contribution in [1.82, 2.24) is 25.5 Å². The normalized spacial score (nSPS) is 11.4. The quantitative estimate of drug-likeness (QED) is 0.372. The van der Waals surface area contributed by atoms with E-state index < -0.39 is 5.82 Å². The summed E-state index contributed by atoms with van der Waals surface area (Å²) in [7, 11) is 0. The van der Waals surface area contributed by atoms with E-state index in [2.05, 4.69) is 25.5 Å². The van der Waals surface area contributed by atoms with Crippen molar-refractivity contribution in [3.63, 3.8) is 0 Å². The van der Waals surface area contributed by atoms with Crippen molar-refractivity contribution in [2.24, 2.45) is 5.92 Å². The summed E-state index contributed by atoms with van der Waals surface area (Å²) in [5.41, 5.74) is 4.58. The molecule has 2 heterocycles. The number of amides is 1. The van der Waals surface area contributed by atoms with Gasteiger partial charge in [0.25, 0.3) is 0 Å². The number of carbonyl (C=O) groups is 1. The summed E-state index contributed by atoms with van der Waals surface area (Å²) in [6, 6.07) is 8.55. The summed E-state index contributed by atoms with van der Waals surface area (Å²) in [6.45, 7) is 5.98. The Morgan fingerprint density at radius 3 is 2.81 bits per heavy atom. The zero-order valence-electron chi connectivity index (χ0n) is 17.6. The number of imidazole rings is 1. The van der Waals surface area contributed by atoms with Crippen LogP contribution in [0, 0.1) is 11.7 Å². The molecule has 31 heavy (non-hydrogen) atoms. The first kappa shape index (κ1) is 20.6. The molecule has 0 unspecified atom stereocenters. The maximum Gasteiger partial charge on any atom is 0.222 e. The van der Waals surface area contributed by atoms with Crippen molar-refractivity contribution in [3.05, 3.63) is 53.6 Å². The number of hydrogen-bond donors (Lipinski definition) is 4. The average Bonchev–Trinajstić information content (AvgIpc) is 3.39. The monoisotopic (exact) mass is 421 g/mol. The lowest BCUT2D eigenvalue weighted by molar-refractivity contribution is -0.124. The van der Waals surface area contributed by atoms with Gasteiger partial charge in [-0.05, 0) is 47.4 Å². The molecule has 7 nitrogen and oxygen atoms in total. The van der Waals surface area contributed by atoms with Gasteiger partial charge < -0.3 is 15.4 Å². The maximum absolute atomic E-state index is 14.0. The third-order valence-corrected chi connectivity index (χ3v) is 5.25. The van der Waals surface area contributed by atoms with Crippen LogP contribution >= 0.6 is 0 Å². The number of aryl methyl sites for hydroxylation is 1. The Hall–Kier alpha value is -3.68. The summed E-state index contributed by atoms with van der Waals surface area (Å²) in [4.78, 5) is 19.4. The third kappa shape index (κ3) is 4.01. The minimum atomic E-state index is -0.648. The number of phenolic OH excluding ortho intramolecular Hbond substituents is 1. The number of H-pyrrole nitrogens is 2. The Morgan fingerprint density at radius 2 is 2.06 bits per heavy atom. The Morgan fingerprint density at radius 1 is 1.26 bits per heavy atom. The van der Waals surface area contributed by atoms with Crippen LogP contribution in [0.4, 0.5) is 4.39 Å². The SMILES string of the molecule is CCc1cc(O)c(F)cc1-c1ccc2c(-c3nc(CNC(=O)C(C)C)c[nH]3)n[nH]c2c1. The van der Waals surface area contributed by atoms with Gasteiger partial charge in [-0.15, -0.1) is 0 Å². The van der Waals surface area contributed by atoms with Crippen molar-refractivity contribution in [2.75, 3.05) is 0 Å². The van der Waals surface area contributed by atoms with E-state index in [9.17, 15) is 14.3 Å².